The lowest BCUT2D eigenvalue weighted by Gasteiger charge is -2.01. The molecule has 0 bridgehead atoms. The van der Waals surface area contributed by atoms with Crippen molar-refractivity contribution in [1.29, 1.82) is 0 Å². The molecule has 0 amide bonds. The molecule has 0 saturated carbocycles. The Labute approximate surface area is 73.8 Å². The molecular formula is C9H17N3. The molecule has 1 heterocycles. The lowest BCUT2D eigenvalue weighted by atomic mass is 10.2. The van der Waals surface area contributed by atoms with E-state index in [4.69, 9.17) is 0 Å². The molecule has 1 aromatic rings. The third-order valence-corrected chi connectivity index (χ3v) is 1.64. The molecule has 0 N–H and O–H groups in total. The van der Waals surface area contributed by atoms with Crippen molar-refractivity contribution in [2.75, 3.05) is 0 Å². The molecule has 0 fully saturated rings. The van der Waals surface area contributed by atoms with Crippen molar-refractivity contribution in [3.05, 3.63) is 11.9 Å². The summed E-state index contributed by atoms with van der Waals surface area (Å²) >= 11 is 0. The zero-order chi connectivity index (χ0) is 8.97. The molecule has 0 unspecified atom stereocenters. The van der Waals surface area contributed by atoms with Crippen LogP contribution >= 0.6 is 0 Å². The van der Waals surface area contributed by atoms with Crippen LogP contribution in [0.1, 0.15) is 32.9 Å². The zero-order valence-electron chi connectivity index (χ0n) is 8.12. The van der Waals surface area contributed by atoms with Crippen LogP contribution in [0.3, 0.4) is 0 Å². The highest BCUT2D eigenvalue weighted by molar-refractivity contribution is 4.91. The first-order valence-electron chi connectivity index (χ1n) is 4.61. The highest BCUT2D eigenvalue weighted by atomic mass is 15.4. The predicted octanol–water partition coefficient (Wildman–Crippen LogP) is 1.89. The monoisotopic (exact) mass is 167 g/mol. The fraction of sp³-hybridized carbons (Fsp3) is 0.778. The van der Waals surface area contributed by atoms with Gasteiger partial charge in [-0.15, -0.1) is 5.10 Å². The highest BCUT2D eigenvalue weighted by Crippen LogP contribution is 2.00. The number of nitrogens with zero attached hydrogens (tertiary/aromatic N) is 3. The summed E-state index contributed by atoms with van der Waals surface area (Å²) in [5.74, 6) is 0.640. The lowest BCUT2D eigenvalue weighted by molar-refractivity contribution is 0.472. The molecule has 0 spiro atoms. The van der Waals surface area contributed by atoms with Gasteiger partial charge in [-0.3, -0.25) is 4.68 Å². The SMILES string of the molecule is CCCc1cn(CC(C)C)nn1. The van der Waals surface area contributed by atoms with Gasteiger partial charge in [0.25, 0.3) is 0 Å². The molecule has 0 radical (unpaired) electrons. The fourth-order valence-corrected chi connectivity index (χ4v) is 1.17. The molecule has 3 nitrogen and oxygen atoms in total. The van der Waals surface area contributed by atoms with E-state index in [1.807, 2.05) is 10.9 Å². The van der Waals surface area contributed by atoms with Crippen LogP contribution in [0.2, 0.25) is 0 Å². The van der Waals surface area contributed by atoms with Gasteiger partial charge in [0.1, 0.15) is 0 Å². The van der Waals surface area contributed by atoms with Crippen molar-refractivity contribution in [1.82, 2.24) is 15.0 Å². The Bertz CT molecular complexity index is 227. The molecule has 68 valence electrons. The van der Waals surface area contributed by atoms with Crippen molar-refractivity contribution < 1.29 is 0 Å². The van der Waals surface area contributed by atoms with E-state index in [1.165, 1.54) is 0 Å². The van der Waals surface area contributed by atoms with Crippen molar-refractivity contribution in [3.63, 3.8) is 0 Å². The summed E-state index contributed by atoms with van der Waals surface area (Å²) < 4.78 is 1.93. The topological polar surface area (TPSA) is 30.7 Å². The minimum atomic E-state index is 0.640. The summed E-state index contributed by atoms with van der Waals surface area (Å²) in [6.45, 7) is 7.49. The third-order valence-electron chi connectivity index (χ3n) is 1.64. The Morgan fingerprint density at radius 1 is 1.50 bits per heavy atom. The van der Waals surface area contributed by atoms with Crippen LogP contribution in [0.15, 0.2) is 6.20 Å². The molecule has 0 aliphatic carbocycles. The maximum Gasteiger partial charge on any atom is 0.0827 e. The summed E-state index contributed by atoms with van der Waals surface area (Å²) in [5, 5.41) is 8.11. The maximum absolute atomic E-state index is 4.07. The predicted molar refractivity (Wildman–Crippen MR) is 48.9 cm³/mol. The molecular weight excluding hydrogens is 150 g/mol. The van der Waals surface area contributed by atoms with Crippen LogP contribution in [0, 0.1) is 5.92 Å². The standard InChI is InChI=1S/C9H17N3/c1-4-5-9-7-12(11-10-9)6-8(2)3/h7-8H,4-6H2,1-3H3. The summed E-state index contributed by atoms with van der Waals surface area (Å²) in [4.78, 5) is 0. The summed E-state index contributed by atoms with van der Waals surface area (Å²) in [6.07, 6.45) is 4.22. The van der Waals surface area contributed by atoms with Crippen LogP contribution in [-0.4, -0.2) is 15.0 Å². The minimum Gasteiger partial charge on any atom is -0.252 e. The van der Waals surface area contributed by atoms with E-state index in [1.54, 1.807) is 0 Å². The van der Waals surface area contributed by atoms with Gasteiger partial charge in [0, 0.05) is 12.7 Å². The highest BCUT2D eigenvalue weighted by Gasteiger charge is 2.00. The zero-order valence-corrected chi connectivity index (χ0v) is 8.12. The van der Waals surface area contributed by atoms with Gasteiger partial charge < -0.3 is 0 Å². The Kier molecular flexibility index (Phi) is 3.26. The number of rotatable bonds is 4. The molecule has 0 aromatic carbocycles. The van der Waals surface area contributed by atoms with E-state index < -0.39 is 0 Å². The second-order valence-corrected chi connectivity index (χ2v) is 3.58. The number of aryl methyl sites for hydroxylation is 1. The molecule has 12 heavy (non-hydrogen) atoms. The number of hydrogen-bond acceptors (Lipinski definition) is 2. The maximum atomic E-state index is 4.07. The van der Waals surface area contributed by atoms with Gasteiger partial charge in [-0.1, -0.05) is 32.4 Å². The molecule has 1 rings (SSSR count). The van der Waals surface area contributed by atoms with Gasteiger partial charge in [0.15, 0.2) is 0 Å². The Morgan fingerprint density at radius 2 is 2.25 bits per heavy atom. The number of hydrogen-bond donors (Lipinski definition) is 0. The quantitative estimate of drug-likeness (QED) is 0.685. The number of aromatic nitrogens is 3. The van der Waals surface area contributed by atoms with Gasteiger partial charge in [-0.2, -0.15) is 0 Å². The van der Waals surface area contributed by atoms with E-state index in [9.17, 15) is 0 Å². The van der Waals surface area contributed by atoms with Gasteiger partial charge in [0.2, 0.25) is 0 Å². The van der Waals surface area contributed by atoms with Gasteiger partial charge in [0.05, 0.1) is 5.69 Å². The van der Waals surface area contributed by atoms with Crippen molar-refractivity contribution in [3.8, 4) is 0 Å². The van der Waals surface area contributed by atoms with Crippen molar-refractivity contribution >= 4 is 0 Å². The first kappa shape index (κ1) is 9.23. The Balaban J connectivity index is 2.52. The Hall–Kier alpha value is -0.860. The fourth-order valence-electron chi connectivity index (χ4n) is 1.17. The van der Waals surface area contributed by atoms with E-state index in [0.717, 1.165) is 25.1 Å². The third kappa shape index (κ3) is 2.64. The molecule has 0 saturated heterocycles. The van der Waals surface area contributed by atoms with Crippen LogP contribution < -0.4 is 0 Å². The molecule has 3 heteroatoms. The van der Waals surface area contributed by atoms with E-state index >= 15 is 0 Å². The van der Waals surface area contributed by atoms with Crippen molar-refractivity contribution in [2.45, 2.75) is 40.2 Å². The minimum absolute atomic E-state index is 0.640. The van der Waals surface area contributed by atoms with Crippen LogP contribution in [-0.2, 0) is 13.0 Å². The smallest absolute Gasteiger partial charge is 0.0827 e. The van der Waals surface area contributed by atoms with Crippen LogP contribution in [0.4, 0.5) is 0 Å². The van der Waals surface area contributed by atoms with E-state index in [2.05, 4.69) is 31.1 Å². The van der Waals surface area contributed by atoms with Gasteiger partial charge in [-0.05, 0) is 12.3 Å². The molecule has 0 aliphatic heterocycles. The largest absolute Gasteiger partial charge is 0.252 e. The van der Waals surface area contributed by atoms with Crippen LogP contribution in [0.25, 0.3) is 0 Å². The average Bonchev–Trinajstić information content (AvgIpc) is 2.36. The first-order valence-corrected chi connectivity index (χ1v) is 4.61. The molecule has 0 atom stereocenters. The summed E-state index contributed by atoms with van der Waals surface area (Å²) in [6, 6.07) is 0. The van der Waals surface area contributed by atoms with Crippen molar-refractivity contribution in [2.24, 2.45) is 5.92 Å². The molecule has 1 aromatic heterocycles. The van der Waals surface area contributed by atoms with E-state index in [-0.39, 0.29) is 0 Å². The molecule has 0 aliphatic rings. The normalized spacial score (nSPS) is 11.0. The van der Waals surface area contributed by atoms with E-state index in [0.29, 0.717) is 5.92 Å². The second-order valence-electron chi connectivity index (χ2n) is 3.58. The summed E-state index contributed by atoms with van der Waals surface area (Å²) in [5.41, 5.74) is 1.11. The van der Waals surface area contributed by atoms with Gasteiger partial charge >= 0.3 is 0 Å². The second kappa shape index (κ2) is 4.24. The lowest BCUT2D eigenvalue weighted by Crippen LogP contribution is -2.04. The first-order chi connectivity index (χ1) is 5.72. The average molecular weight is 167 g/mol. The van der Waals surface area contributed by atoms with Crippen LogP contribution in [0.5, 0.6) is 0 Å². The summed E-state index contributed by atoms with van der Waals surface area (Å²) in [7, 11) is 0. The Morgan fingerprint density at radius 3 is 2.83 bits per heavy atom. The van der Waals surface area contributed by atoms with Gasteiger partial charge in [-0.25, -0.2) is 0 Å².